The predicted molar refractivity (Wildman–Crippen MR) is 137 cm³/mol. The van der Waals surface area contributed by atoms with Crippen molar-refractivity contribution in [1.29, 1.82) is 0 Å². The van der Waals surface area contributed by atoms with Crippen LogP contribution in [0.5, 0.6) is 5.75 Å². The molecule has 180 valence electrons. The van der Waals surface area contributed by atoms with Crippen molar-refractivity contribution in [1.82, 2.24) is 5.43 Å². The van der Waals surface area contributed by atoms with Gasteiger partial charge in [0.25, 0.3) is 5.91 Å². The Hall–Kier alpha value is -3.88. The number of halogens is 2. The molecule has 0 aliphatic carbocycles. The fourth-order valence-electron chi connectivity index (χ4n) is 3.08. The van der Waals surface area contributed by atoms with Crippen LogP contribution in [0.2, 0.25) is 10.0 Å². The van der Waals surface area contributed by atoms with Crippen LogP contribution in [0.15, 0.2) is 65.8 Å². The lowest BCUT2D eigenvalue weighted by molar-refractivity contribution is -0.136. The monoisotopic (exact) mass is 512 g/mol. The number of carbonyl (C=O) groups is 3. The van der Waals surface area contributed by atoms with Crippen LogP contribution in [0.25, 0.3) is 0 Å². The van der Waals surface area contributed by atoms with Crippen molar-refractivity contribution in [3.8, 4) is 5.75 Å². The zero-order chi connectivity index (χ0) is 25.4. The number of amides is 3. The number of benzene rings is 3. The Morgan fingerprint density at radius 3 is 2.23 bits per heavy atom. The summed E-state index contributed by atoms with van der Waals surface area (Å²) in [5.74, 6) is -1.85. The van der Waals surface area contributed by atoms with E-state index in [1.807, 2.05) is 32.0 Å². The van der Waals surface area contributed by atoms with E-state index in [4.69, 9.17) is 27.9 Å². The minimum Gasteiger partial charge on any atom is -0.483 e. The topological polar surface area (TPSA) is 109 Å². The molecule has 0 aromatic heterocycles. The van der Waals surface area contributed by atoms with Crippen LogP contribution in [-0.2, 0) is 14.4 Å². The molecule has 0 saturated carbocycles. The molecule has 3 amide bonds. The molecule has 0 fully saturated rings. The Balaban J connectivity index is 1.56. The maximum absolute atomic E-state index is 12.2. The third-order valence-corrected chi connectivity index (χ3v) is 5.16. The number of hydrogen-bond donors (Lipinski definition) is 3. The quantitative estimate of drug-likeness (QED) is 0.241. The molecule has 3 N–H and O–H groups in total. The highest BCUT2D eigenvalue weighted by molar-refractivity contribution is 6.39. The first kappa shape index (κ1) is 25.7. The first-order valence-electron chi connectivity index (χ1n) is 10.4. The predicted octanol–water partition coefficient (Wildman–Crippen LogP) is 4.72. The number of aryl methyl sites for hydroxylation is 2. The zero-order valence-corrected chi connectivity index (χ0v) is 20.4. The lowest BCUT2D eigenvalue weighted by atomic mass is 10.1. The van der Waals surface area contributed by atoms with E-state index in [0.29, 0.717) is 32.7 Å². The van der Waals surface area contributed by atoms with Crippen molar-refractivity contribution in [2.45, 2.75) is 13.8 Å². The van der Waals surface area contributed by atoms with Gasteiger partial charge in [0.05, 0.1) is 6.21 Å². The third kappa shape index (κ3) is 7.56. The van der Waals surface area contributed by atoms with Gasteiger partial charge in [-0.05, 0) is 55.3 Å². The van der Waals surface area contributed by atoms with Crippen LogP contribution in [0, 0.1) is 13.8 Å². The largest absolute Gasteiger partial charge is 0.483 e. The maximum atomic E-state index is 12.2. The fourth-order valence-corrected chi connectivity index (χ4v) is 3.60. The normalized spacial score (nSPS) is 10.6. The number of carbonyl (C=O) groups excluding carboxylic acids is 3. The molecule has 8 nitrogen and oxygen atoms in total. The van der Waals surface area contributed by atoms with Crippen molar-refractivity contribution in [3.05, 3.63) is 87.4 Å². The second kappa shape index (κ2) is 12.0. The number of nitrogens with one attached hydrogen (secondary N) is 3. The van der Waals surface area contributed by atoms with E-state index in [-0.39, 0.29) is 6.61 Å². The van der Waals surface area contributed by atoms with E-state index < -0.39 is 17.7 Å². The molecule has 0 spiro atoms. The molecular formula is C25H22Cl2N4O4. The SMILES string of the molecule is Cc1cccc(C)c1NC(=O)C(=O)N/N=C\c1ccccc1OCC(=O)Nc1cc(Cl)cc(Cl)c1. The van der Waals surface area contributed by atoms with E-state index in [2.05, 4.69) is 21.2 Å². The number of para-hydroxylation sites is 2. The van der Waals surface area contributed by atoms with Gasteiger partial charge >= 0.3 is 11.8 Å². The molecule has 0 radical (unpaired) electrons. The first-order valence-corrected chi connectivity index (χ1v) is 11.2. The van der Waals surface area contributed by atoms with Crippen molar-refractivity contribution in [2.24, 2.45) is 5.10 Å². The van der Waals surface area contributed by atoms with Crippen LogP contribution in [0.3, 0.4) is 0 Å². The van der Waals surface area contributed by atoms with E-state index >= 15 is 0 Å². The molecule has 35 heavy (non-hydrogen) atoms. The van der Waals surface area contributed by atoms with Gasteiger partial charge in [0.15, 0.2) is 6.61 Å². The summed E-state index contributed by atoms with van der Waals surface area (Å²) >= 11 is 11.9. The van der Waals surface area contributed by atoms with Gasteiger partial charge in [-0.1, -0.05) is 53.5 Å². The minimum absolute atomic E-state index is 0.292. The third-order valence-electron chi connectivity index (χ3n) is 4.72. The molecule has 0 heterocycles. The summed E-state index contributed by atoms with van der Waals surface area (Å²) in [6.07, 6.45) is 1.31. The number of ether oxygens (including phenoxy) is 1. The van der Waals surface area contributed by atoms with Crippen molar-refractivity contribution >= 4 is 58.5 Å². The Bertz CT molecular complexity index is 1250. The average molecular weight is 513 g/mol. The molecule has 0 unspecified atom stereocenters. The van der Waals surface area contributed by atoms with Gasteiger partial charge in [-0.15, -0.1) is 0 Å². The maximum Gasteiger partial charge on any atom is 0.329 e. The Kier molecular flexibility index (Phi) is 8.83. The molecule has 10 heteroatoms. The molecule has 0 aliphatic heterocycles. The second-order valence-corrected chi connectivity index (χ2v) is 8.33. The molecule has 0 bridgehead atoms. The van der Waals surface area contributed by atoms with Crippen molar-refractivity contribution in [3.63, 3.8) is 0 Å². The van der Waals surface area contributed by atoms with Gasteiger partial charge in [0, 0.05) is 27.0 Å². The summed E-state index contributed by atoms with van der Waals surface area (Å²) in [5.41, 5.74) is 5.36. The van der Waals surface area contributed by atoms with Gasteiger partial charge in [-0.2, -0.15) is 5.10 Å². The molecule has 3 aromatic rings. The fraction of sp³-hybridized carbons (Fsp3) is 0.120. The molecule has 3 rings (SSSR count). The highest BCUT2D eigenvalue weighted by Gasteiger charge is 2.15. The summed E-state index contributed by atoms with van der Waals surface area (Å²) < 4.78 is 5.58. The van der Waals surface area contributed by atoms with Gasteiger partial charge in [0.2, 0.25) is 0 Å². The van der Waals surface area contributed by atoms with Crippen LogP contribution in [0.4, 0.5) is 11.4 Å². The lowest BCUT2D eigenvalue weighted by Crippen LogP contribution is -2.32. The van der Waals surface area contributed by atoms with Crippen LogP contribution in [0.1, 0.15) is 16.7 Å². The summed E-state index contributed by atoms with van der Waals surface area (Å²) in [4.78, 5) is 36.6. The van der Waals surface area contributed by atoms with Crippen LogP contribution in [-0.4, -0.2) is 30.5 Å². The van der Waals surface area contributed by atoms with E-state index in [1.54, 1.807) is 42.5 Å². The Morgan fingerprint density at radius 1 is 0.886 bits per heavy atom. The molecule has 3 aromatic carbocycles. The van der Waals surface area contributed by atoms with Crippen molar-refractivity contribution in [2.75, 3.05) is 17.2 Å². The summed E-state index contributed by atoms with van der Waals surface area (Å²) in [6.45, 7) is 3.37. The molecular weight excluding hydrogens is 491 g/mol. The molecule has 0 aliphatic rings. The average Bonchev–Trinajstić information content (AvgIpc) is 2.80. The summed E-state index contributed by atoms with van der Waals surface area (Å²) in [5, 5.41) is 9.84. The van der Waals surface area contributed by atoms with Crippen molar-refractivity contribution < 1.29 is 19.1 Å². The highest BCUT2D eigenvalue weighted by atomic mass is 35.5. The smallest absolute Gasteiger partial charge is 0.329 e. The Labute approximate surface area is 212 Å². The molecule has 0 saturated heterocycles. The number of hydrogen-bond acceptors (Lipinski definition) is 5. The van der Waals surface area contributed by atoms with E-state index in [1.165, 1.54) is 6.21 Å². The van der Waals surface area contributed by atoms with Gasteiger partial charge in [-0.25, -0.2) is 5.43 Å². The van der Waals surface area contributed by atoms with Crippen LogP contribution < -0.4 is 20.8 Å². The van der Waals surface area contributed by atoms with Gasteiger partial charge < -0.3 is 15.4 Å². The van der Waals surface area contributed by atoms with E-state index in [9.17, 15) is 14.4 Å². The van der Waals surface area contributed by atoms with E-state index in [0.717, 1.165) is 11.1 Å². The Morgan fingerprint density at radius 2 is 1.54 bits per heavy atom. The standard InChI is InChI=1S/C25H22Cl2N4O4/c1-15-6-5-7-16(2)23(15)30-24(33)25(34)31-28-13-17-8-3-4-9-21(17)35-14-22(32)29-20-11-18(26)10-19(27)12-20/h3-13H,14H2,1-2H3,(H,29,32)(H,30,33)(H,31,34)/b28-13-. The number of hydrazone groups is 1. The first-order chi connectivity index (χ1) is 16.7. The summed E-state index contributed by atoms with van der Waals surface area (Å²) in [7, 11) is 0. The summed E-state index contributed by atoms with van der Waals surface area (Å²) in [6, 6.07) is 17.0. The highest BCUT2D eigenvalue weighted by Crippen LogP contribution is 2.23. The van der Waals surface area contributed by atoms with Gasteiger partial charge in [-0.3, -0.25) is 14.4 Å². The van der Waals surface area contributed by atoms with Crippen LogP contribution >= 0.6 is 23.2 Å². The lowest BCUT2D eigenvalue weighted by Gasteiger charge is -2.11. The van der Waals surface area contributed by atoms with Gasteiger partial charge in [0.1, 0.15) is 5.75 Å². The second-order valence-electron chi connectivity index (χ2n) is 7.45. The number of rotatable bonds is 7. The molecule has 0 atom stereocenters. The minimum atomic E-state index is -0.929. The number of nitrogens with zero attached hydrogens (tertiary/aromatic N) is 1. The number of anilines is 2. The zero-order valence-electron chi connectivity index (χ0n) is 18.9.